The third-order valence-corrected chi connectivity index (χ3v) is 3.98. The van der Waals surface area contributed by atoms with Crippen LogP contribution in [0.5, 0.6) is 0 Å². The number of aliphatic hydroxyl groups is 8. The van der Waals surface area contributed by atoms with Crippen molar-refractivity contribution < 1.29 is 55.1 Å². The van der Waals surface area contributed by atoms with Gasteiger partial charge in [-0.3, -0.25) is 0 Å². The number of ether oxygens (including phenoxy) is 3. The maximum atomic E-state index is 9.94. The highest BCUT2D eigenvalue weighted by Gasteiger charge is 2.50. The van der Waals surface area contributed by atoms with Gasteiger partial charge in [0.15, 0.2) is 12.6 Å². The second-order valence-corrected chi connectivity index (χ2v) is 5.53. The van der Waals surface area contributed by atoms with Gasteiger partial charge in [-0.1, -0.05) is 0 Å². The van der Waals surface area contributed by atoms with E-state index in [2.05, 4.69) is 0 Å². The first kappa shape index (κ1) is 18.9. The Hall–Kier alpha value is -0.440. The maximum absolute atomic E-state index is 9.94. The van der Waals surface area contributed by atoms with Gasteiger partial charge in [-0.2, -0.15) is 0 Å². The van der Waals surface area contributed by atoms with E-state index in [9.17, 15) is 35.7 Å². The molecule has 2 aliphatic rings. The third-order valence-electron chi connectivity index (χ3n) is 3.98. The zero-order valence-electron chi connectivity index (χ0n) is 12.0. The van der Waals surface area contributed by atoms with Gasteiger partial charge in [0.25, 0.3) is 0 Å². The standard InChI is InChI=1S/C12H22O11/c13-1-3-5(15)6(16)9(19)12(22-3)23-10-4(2-14)21-11(20)8(18)7(10)17/h3-20H,1-2H2/t3-,4+,5+,6+,7+,8+,9+,10+,11+,12+/m1/s1. The molecule has 2 saturated heterocycles. The molecule has 0 aromatic carbocycles. The molecule has 136 valence electrons. The van der Waals surface area contributed by atoms with Crippen molar-refractivity contribution in [3.8, 4) is 0 Å². The largest absolute Gasteiger partial charge is 0.394 e. The Morgan fingerprint density at radius 3 is 1.83 bits per heavy atom. The predicted molar refractivity (Wildman–Crippen MR) is 68.6 cm³/mol. The van der Waals surface area contributed by atoms with Crippen LogP contribution >= 0.6 is 0 Å². The molecular formula is C12H22O11. The van der Waals surface area contributed by atoms with Crippen LogP contribution in [0.15, 0.2) is 0 Å². The van der Waals surface area contributed by atoms with E-state index in [4.69, 9.17) is 19.3 Å². The van der Waals surface area contributed by atoms with Crippen molar-refractivity contribution in [3.63, 3.8) is 0 Å². The van der Waals surface area contributed by atoms with Crippen molar-refractivity contribution in [3.05, 3.63) is 0 Å². The molecule has 0 radical (unpaired) electrons. The number of hydrogen-bond donors (Lipinski definition) is 8. The van der Waals surface area contributed by atoms with Crippen molar-refractivity contribution in [1.82, 2.24) is 0 Å². The molecule has 10 atom stereocenters. The minimum absolute atomic E-state index is 0.667. The molecule has 0 aliphatic carbocycles. The molecule has 0 amide bonds. The van der Waals surface area contributed by atoms with Crippen molar-refractivity contribution in [2.24, 2.45) is 0 Å². The van der Waals surface area contributed by atoms with Crippen molar-refractivity contribution in [2.45, 2.75) is 61.4 Å². The van der Waals surface area contributed by atoms with Gasteiger partial charge in [0, 0.05) is 0 Å². The van der Waals surface area contributed by atoms with Gasteiger partial charge in [-0.15, -0.1) is 0 Å². The molecule has 11 nitrogen and oxygen atoms in total. The van der Waals surface area contributed by atoms with E-state index in [1.807, 2.05) is 0 Å². The zero-order chi connectivity index (χ0) is 17.3. The molecule has 2 heterocycles. The summed E-state index contributed by atoms with van der Waals surface area (Å²) in [6.45, 7) is -1.35. The summed E-state index contributed by atoms with van der Waals surface area (Å²) in [5.74, 6) is 0. The molecule has 0 bridgehead atoms. The summed E-state index contributed by atoms with van der Waals surface area (Å²) in [5, 5.41) is 76.5. The van der Waals surface area contributed by atoms with Crippen molar-refractivity contribution >= 4 is 0 Å². The highest BCUT2D eigenvalue weighted by molar-refractivity contribution is 4.93. The van der Waals surface area contributed by atoms with Crippen LogP contribution in [0, 0.1) is 0 Å². The molecule has 0 aromatic heterocycles. The van der Waals surface area contributed by atoms with Gasteiger partial charge >= 0.3 is 0 Å². The highest BCUT2D eigenvalue weighted by atomic mass is 16.7. The van der Waals surface area contributed by atoms with Crippen LogP contribution in [0.25, 0.3) is 0 Å². The smallest absolute Gasteiger partial charge is 0.187 e. The zero-order valence-corrected chi connectivity index (χ0v) is 12.0. The average Bonchev–Trinajstić information content (AvgIpc) is 2.55. The first-order valence-corrected chi connectivity index (χ1v) is 7.08. The summed E-state index contributed by atoms with van der Waals surface area (Å²) in [7, 11) is 0. The first-order valence-electron chi connectivity index (χ1n) is 7.08. The van der Waals surface area contributed by atoms with Gasteiger partial charge in [0.2, 0.25) is 0 Å². The number of rotatable bonds is 4. The van der Waals surface area contributed by atoms with E-state index in [0.717, 1.165) is 0 Å². The van der Waals surface area contributed by atoms with E-state index in [0.29, 0.717) is 0 Å². The van der Waals surface area contributed by atoms with Crippen LogP contribution in [-0.4, -0.2) is 115 Å². The Labute approximate surface area is 130 Å². The lowest BCUT2D eigenvalue weighted by atomic mass is 9.97. The van der Waals surface area contributed by atoms with E-state index in [-0.39, 0.29) is 0 Å². The van der Waals surface area contributed by atoms with Crippen LogP contribution in [0.1, 0.15) is 0 Å². The van der Waals surface area contributed by atoms with Crippen LogP contribution in [0.3, 0.4) is 0 Å². The topological polar surface area (TPSA) is 190 Å². The first-order chi connectivity index (χ1) is 10.8. The molecule has 0 spiro atoms. The summed E-state index contributed by atoms with van der Waals surface area (Å²) >= 11 is 0. The quantitative estimate of drug-likeness (QED) is 0.243. The third kappa shape index (κ3) is 3.65. The molecule has 0 saturated carbocycles. The van der Waals surface area contributed by atoms with Gasteiger partial charge in [-0.05, 0) is 0 Å². The maximum Gasteiger partial charge on any atom is 0.187 e. The van der Waals surface area contributed by atoms with Crippen molar-refractivity contribution in [1.29, 1.82) is 0 Å². The van der Waals surface area contributed by atoms with Gasteiger partial charge in [0.1, 0.15) is 48.8 Å². The minimum atomic E-state index is -1.74. The summed E-state index contributed by atoms with van der Waals surface area (Å²) < 4.78 is 15.3. The summed E-state index contributed by atoms with van der Waals surface area (Å²) in [6, 6.07) is 0. The molecule has 2 aliphatic heterocycles. The Morgan fingerprint density at radius 1 is 0.652 bits per heavy atom. The Morgan fingerprint density at radius 2 is 1.26 bits per heavy atom. The molecular weight excluding hydrogens is 320 g/mol. The van der Waals surface area contributed by atoms with Crippen LogP contribution < -0.4 is 0 Å². The molecule has 11 heteroatoms. The van der Waals surface area contributed by atoms with Gasteiger partial charge < -0.3 is 55.1 Å². The van der Waals surface area contributed by atoms with Gasteiger partial charge in [0.05, 0.1) is 13.2 Å². The fraction of sp³-hybridized carbons (Fsp3) is 1.00. The van der Waals surface area contributed by atoms with E-state index < -0.39 is 74.6 Å². The lowest BCUT2D eigenvalue weighted by Crippen LogP contribution is -2.64. The van der Waals surface area contributed by atoms with Crippen LogP contribution in [0.2, 0.25) is 0 Å². The van der Waals surface area contributed by atoms with E-state index in [1.54, 1.807) is 0 Å². The summed E-state index contributed by atoms with van der Waals surface area (Å²) in [4.78, 5) is 0. The lowest BCUT2D eigenvalue weighted by Gasteiger charge is -2.45. The van der Waals surface area contributed by atoms with E-state index in [1.165, 1.54) is 0 Å². The molecule has 23 heavy (non-hydrogen) atoms. The lowest BCUT2D eigenvalue weighted by molar-refractivity contribution is -0.355. The molecule has 0 unspecified atom stereocenters. The normalized spacial score (nSPS) is 51.7. The number of aliphatic hydroxyl groups excluding tert-OH is 8. The monoisotopic (exact) mass is 342 g/mol. The highest BCUT2D eigenvalue weighted by Crippen LogP contribution is 2.28. The molecule has 2 rings (SSSR count). The Bertz CT molecular complexity index is 378. The summed E-state index contributed by atoms with van der Waals surface area (Å²) in [6.07, 6.45) is -15.6. The van der Waals surface area contributed by atoms with Crippen molar-refractivity contribution in [2.75, 3.05) is 13.2 Å². The van der Waals surface area contributed by atoms with Gasteiger partial charge in [-0.25, -0.2) is 0 Å². The minimum Gasteiger partial charge on any atom is -0.394 e. The Kier molecular flexibility index (Phi) is 6.27. The fourth-order valence-electron chi connectivity index (χ4n) is 2.57. The SMILES string of the molecule is OC[C@@H]1O[C@H](O)[C@@H](O)[C@H](O)[C@H]1O[C@@H]1O[C@H](CO)[C@H](O)[C@H](O)[C@@H]1O. The average molecular weight is 342 g/mol. The second-order valence-electron chi connectivity index (χ2n) is 5.53. The molecule has 8 N–H and O–H groups in total. The van der Waals surface area contributed by atoms with E-state index >= 15 is 0 Å². The second kappa shape index (κ2) is 7.63. The Balaban J connectivity index is 2.11. The molecule has 0 aromatic rings. The van der Waals surface area contributed by atoms with Crippen LogP contribution in [-0.2, 0) is 14.2 Å². The summed E-state index contributed by atoms with van der Waals surface area (Å²) in [5.41, 5.74) is 0. The number of hydrogen-bond acceptors (Lipinski definition) is 11. The molecule has 2 fully saturated rings. The van der Waals surface area contributed by atoms with Crippen LogP contribution in [0.4, 0.5) is 0 Å². The fourth-order valence-corrected chi connectivity index (χ4v) is 2.57. The predicted octanol–water partition coefficient (Wildman–Crippen LogP) is -5.40.